The lowest BCUT2D eigenvalue weighted by Gasteiger charge is -2.07. The zero-order valence-corrected chi connectivity index (χ0v) is 10.3. The summed E-state index contributed by atoms with van der Waals surface area (Å²) < 4.78 is 0. The Balaban J connectivity index is 4.25. The van der Waals surface area contributed by atoms with E-state index >= 15 is 0 Å². The molecule has 8 nitrogen and oxygen atoms in total. The van der Waals surface area contributed by atoms with Crippen molar-refractivity contribution in [3.8, 4) is 6.07 Å². The molecule has 0 aliphatic carbocycles. The molecule has 0 saturated carbocycles. The zero-order chi connectivity index (χ0) is 14.8. The second-order valence-corrected chi connectivity index (χ2v) is 3.65. The molecule has 0 heterocycles. The van der Waals surface area contributed by atoms with Crippen LogP contribution < -0.4 is 10.6 Å². The number of carboxylic acids is 2. The Morgan fingerprint density at radius 3 is 2.47 bits per heavy atom. The van der Waals surface area contributed by atoms with Crippen LogP contribution in [0.1, 0.15) is 19.8 Å². The highest BCUT2D eigenvalue weighted by molar-refractivity contribution is 5.97. The molecule has 1 atom stereocenters. The highest BCUT2D eigenvalue weighted by Crippen LogP contribution is 1.93. The Labute approximate surface area is 109 Å². The predicted octanol–water partition coefficient (Wildman–Crippen LogP) is -0.562. The first-order chi connectivity index (χ1) is 8.88. The van der Waals surface area contributed by atoms with Crippen LogP contribution in [-0.4, -0.2) is 40.6 Å². The SMILES string of the molecule is CC(N/C=C(/C#N)C(=O)NCCCC(=O)O)C(=O)O. The van der Waals surface area contributed by atoms with Gasteiger partial charge < -0.3 is 20.8 Å². The average Bonchev–Trinajstić information content (AvgIpc) is 2.34. The van der Waals surface area contributed by atoms with Crippen molar-refractivity contribution in [1.82, 2.24) is 10.6 Å². The summed E-state index contributed by atoms with van der Waals surface area (Å²) in [6.45, 7) is 1.48. The van der Waals surface area contributed by atoms with Crippen LogP contribution >= 0.6 is 0 Å². The van der Waals surface area contributed by atoms with E-state index in [-0.39, 0.29) is 25.0 Å². The van der Waals surface area contributed by atoms with E-state index in [9.17, 15) is 14.4 Å². The number of hydrogen-bond acceptors (Lipinski definition) is 5. The Morgan fingerprint density at radius 2 is 2.00 bits per heavy atom. The number of nitrogens with zero attached hydrogens (tertiary/aromatic N) is 1. The summed E-state index contributed by atoms with van der Waals surface area (Å²) in [4.78, 5) is 32.2. The number of nitriles is 1. The molecule has 0 aliphatic heterocycles. The molecular formula is C11H15N3O5. The van der Waals surface area contributed by atoms with E-state index < -0.39 is 23.9 Å². The first-order valence-electron chi connectivity index (χ1n) is 5.47. The molecule has 0 bridgehead atoms. The van der Waals surface area contributed by atoms with Crippen molar-refractivity contribution in [2.24, 2.45) is 0 Å². The summed E-state index contributed by atoms with van der Waals surface area (Å²) in [5, 5.41) is 30.5. The lowest BCUT2D eigenvalue weighted by molar-refractivity contribution is -0.139. The molecule has 0 aromatic rings. The third-order valence-electron chi connectivity index (χ3n) is 2.07. The minimum atomic E-state index is -1.12. The van der Waals surface area contributed by atoms with Crippen molar-refractivity contribution in [3.63, 3.8) is 0 Å². The van der Waals surface area contributed by atoms with Crippen LogP contribution in [0, 0.1) is 11.3 Å². The number of rotatable bonds is 8. The van der Waals surface area contributed by atoms with E-state index in [0.29, 0.717) is 0 Å². The molecule has 1 amide bonds. The van der Waals surface area contributed by atoms with Gasteiger partial charge in [-0.1, -0.05) is 0 Å². The molecule has 0 fully saturated rings. The van der Waals surface area contributed by atoms with Gasteiger partial charge in [0.2, 0.25) is 0 Å². The van der Waals surface area contributed by atoms with Crippen LogP contribution in [0.5, 0.6) is 0 Å². The summed E-state index contributed by atoms with van der Waals surface area (Å²) in [5.74, 6) is -2.77. The summed E-state index contributed by atoms with van der Waals surface area (Å²) in [5.41, 5.74) is -0.275. The van der Waals surface area contributed by atoms with Gasteiger partial charge in [-0.2, -0.15) is 5.26 Å². The number of amides is 1. The third-order valence-corrected chi connectivity index (χ3v) is 2.07. The molecule has 104 valence electrons. The van der Waals surface area contributed by atoms with Crippen LogP contribution in [0.4, 0.5) is 0 Å². The average molecular weight is 269 g/mol. The van der Waals surface area contributed by atoms with E-state index in [1.807, 2.05) is 0 Å². The van der Waals surface area contributed by atoms with E-state index in [1.165, 1.54) is 6.92 Å². The van der Waals surface area contributed by atoms with Crippen molar-refractivity contribution >= 4 is 17.8 Å². The lowest BCUT2D eigenvalue weighted by Crippen LogP contribution is -2.32. The summed E-state index contributed by atoms with van der Waals surface area (Å²) >= 11 is 0. The molecule has 8 heteroatoms. The van der Waals surface area contributed by atoms with Crippen molar-refractivity contribution in [2.45, 2.75) is 25.8 Å². The Bertz CT molecular complexity index is 425. The third kappa shape index (κ3) is 7.38. The number of carboxylic acid groups (broad SMARTS) is 2. The highest BCUT2D eigenvalue weighted by atomic mass is 16.4. The Hall–Kier alpha value is -2.56. The second kappa shape index (κ2) is 8.52. The van der Waals surface area contributed by atoms with E-state index in [2.05, 4.69) is 10.6 Å². The van der Waals surface area contributed by atoms with E-state index in [1.54, 1.807) is 6.07 Å². The molecule has 0 aromatic heterocycles. The fourth-order valence-corrected chi connectivity index (χ4v) is 0.965. The van der Waals surface area contributed by atoms with Crippen LogP contribution in [0.15, 0.2) is 11.8 Å². The van der Waals surface area contributed by atoms with E-state index in [4.69, 9.17) is 15.5 Å². The van der Waals surface area contributed by atoms with Crippen molar-refractivity contribution < 1.29 is 24.6 Å². The molecule has 4 N–H and O–H groups in total. The molecule has 0 aliphatic rings. The Morgan fingerprint density at radius 1 is 1.37 bits per heavy atom. The van der Waals surface area contributed by atoms with Crippen LogP contribution in [0.2, 0.25) is 0 Å². The summed E-state index contributed by atoms with van der Waals surface area (Å²) in [6.07, 6.45) is 1.18. The predicted molar refractivity (Wildman–Crippen MR) is 63.8 cm³/mol. The summed E-state index contributed by atoms with van der Waals surface area (Å²) in [7, 11) is 0. The van der Waals surface area contributed by atoms with Gasteiger partial charge in [0.25, 0.3) is 5.91 Å². The van der Waals surface area contributed by atoms with Crippen molar-refractivity contribution in [1.29, 1.82) is 5.26 Å². The van der Waals surface area contributed by atoms with Gasteiger partial charge in [0.15, 0.2) is 0 Å². The normalized spacial score (nSPS) is 12.1. The molecule has 0 aromatic carbocycles. The molecule has 1 unspecified atom stereocenters. The fourth-order valence-electron chi connectivity index (χ4n) is 0.965. The number of hydrogen-bond donors (Lipinski definition) is 4. The van der Waals surface area contributed by atoms with Crippen molar-refractivity contribution in [2.75, 3.05) is 6.54 Å². The van der Waals surface area contributed by atoms with Gasteiger partial charge in [-0.05, 0) is 13.3 Å². The standard InChI is InChI=1S/C11H15N3O5/c1-7(11(18)19)14-6-8(5-12)10(17)13-4-2-3-9(15)16/h6-7,14H,2-4H2,1H3,(H,13,17)(H,15,16)(H,18,19)/b8-6-. The molecule has 0 spiro atoms. The van der Waals surface area contributed by atoms with Gasteiger partial charge in [0.1, 0.15) is 17.7 Å². The van der Waals surface area contributed by atoms with Gasteiger partial charge in [0, 0.05) is 19.2 Å². The molecule has 0 rings (SSSR count). The topological polar surface area (TPSA) is 140 Å². The van der Waals surface area contributed by atoms with Crippen LogP contribution in [-0.2, 0) is 14.4 Å². The first kappa shape index (κ1) is 16.4. The molecular weight excluding hydrogens is 254 g/mol. The zero-order valence-electron chi connectivity index (χ0n) is 10.3. The van der Waals surface area contributed by atoms with Gasteiger partial charge in [-0.3, -0.25) is 14.4 Å². The number of carbonyl (C=O) groups is 3. The summed E-state index contributed by atoms with van der Waals surface area (Å²) in [6, 6.07) is 0.695. The van der Waals surface area contributed by atoms with Gasteiger partial charge in [0.05, 0.1) is 0 Å². The molecule has 19 heavy (non-hydrogen) atoms. The minimum Gasteiger partial charge on any atom is -0.481 e. The fraction of sp³-hybridized carbons (Fsp3) is 0.455. The van der Waals surface area contributed by atoms with Crippen LogP contribution in [0.3, 0.4) is 0 Å². The maximum absolute atomic E-state index is 11.5. The Kier molecular flexibility index (Phi) is 7.37. The smallest absolute Gasteiger partial charge is 0.325 e. The quantitative estimate of drug-likeness (QED) is 0.263. The monoisotopic (exact) mass is 269 g/mol. The maximum Gasteiger partial charge on any atom is 0.325 e. The first-order valence-corrected chi connectivity index (χ1v) is 5.47. The largest absolute Gasteiger partial charge is 0.481 e. The molecule has 0 radical (unpaired) electrons. The highest BCUT2D eigenvalue weighted by Gasteiger charge is 2.11. The van der Waals surface area contributed by atoms with Gasteiger partial charge in [-0.15, -0.1) is 0 Å². The number of aliphatic carboxylic acids is 2. The maximum atomic E-state index is 11.5. The van der Waals surface area contributed by atoms with Crippen LogP contribution in [0.25, 0.3) is 0 Å². The lowest BCUT2D eigenvalue weighted by atomic mass is 10.2. The molecule has 0 saturated heterocycles. The van der Waals surface area contributed by atoms with Gasteiger partial charge in [-0.25, -0.2) is 0 Å². The van der Waals surface area contributed by atoms with E-state index in [0.717, 1.165) is 6.20 Å². The second-order valence-electron chi connectivity index (χ2n) is 3.65. The van der Waals surface area contributed by atoms with Crippen molar-refractivity contribution in [3.05, 3.63) is 11.8 Å². The van der Waals surface area contributed by atoms with Gasteiger partial charge >= 0.3 is 11.9 Å². The minimum absolute atomic E-state index is 0.0832. The number of carbonyl (C=O) groups excluding carboxylic acids is 1. The number of nitrogens with one attached hydrogen (secondary N) is 2.